The molecule has 1 saturated heterocycles. The van der Waals surface area contributed by atoms with Crippen molar-refractivity contribution < 1.29 is 27.6 Å². The van der Waals surface area contributed by atoms with Crippen molar-refractivity contribution in [1.29, 1.82) is 5.26 Å². The summed E-state index contributed by atoms with van der Waals surface area (Å²) in [5, 5.41) is 32.5. The topological polar surface area (TPSA) is 98.9 Å². The number of rotatable bonds is 5. The molecule has 0 spiro atoms. The minimum absolute atomic E-state index is 0. The van der Waals surface area contributed by atoms with Gasteiger partial charge in [0.2, 0.25) is 0 Å². The molecule has 3 N–H and O–H groups in total. The Kier molecular flexibility index (Phi) is 7.52. The largest absolute Gasteiger partial charge is 1.00 e. The Morgan fingerprint density at radius 1 is 1.32 bits per heavy atom. The number of quaternary nitrogens is 1. The lowest BCUT2D eigenvalue weighted by Crippen LogP contribution is -3.00. The molecule has 0 amide bonds. The summed E-state index contributed by atoms with van der Waals surface area (Å²) in [6, 6.07) is 11.6. The number of β-amino-alcohol motifs (C(OH)–C–C–N with tert-alkyl or cyclic N) is 1. The van der Waals surface area contributed by atoms with Crippen LogP contribution in [0.1, 0.15) is 24.0 Å². The van der Waals surface area contributed by atoms with Crippen LogP contribution in [0.25, 0.3) is 10.8 Å². The highest BCUT2D eigenvalue weighted by Gasteiger charge is 2.22. The summed E-state index contributed by atoms with van der Waals surface area (Å²) >= 11 is 6.24. The first-order valence-electron chi connectivity index (χ1n) is 9.87. The van der Waals surface area contributed by atoms with Gasteiger partial charge in [-0.15, -0.1) is 0 Å². The third-order valence-electron chi connectivity index (χ3n) is 5.40. The van der Waals surface area contributed by atoms with Gasteiger partial charge in [-0.1, -0.05) is 16.7 Å². The molecule has 7 nitrogen and oxygen atoms in total. The predicted molar refractivity (Wildman–Crippen MR) is 115 cm³/mol. The molecule has 1 aromatic heterocycles. The van der Waals surface area contributed by atoms with Crippen molar-refractivity contribution >= 4 is 33.9 Å². The number of methoxy groups -OCH3 is 1. The maximum atomic E-state index is 10.1. The molecule has 1 aliphatic rings. The first kappa shape index (κ1) is 23.0. The Morgan fingerprint density at radius 2 is 2.16 bits per heavy atom. The van der Waals surface area contributed by atoms with E-state index >= 15 is 0 Å². The van der Waals surface area contributed by atoms with Crippen molar-refractivity contribution in [2.24, 2.45) is 0 Å². The molecule has 1 unspecified atom stereocenters. The van der Waals surface area contributed by atoms with E-state index in [2.05, 4.69) is 21.2 Å². The molecule has 2 aromatic carbocycles. The highest BCUT2D eigenvalue weighted by molar-refractivity contribution is 6.32. The van der Waals surface area contributed by atoms with E-state index in [0.29, 0.717) is 29.4 Å². The molecule has 0 bridgehead atoms. The van der Waals surface area contributed by atoms with Gasteiger partial charge in [-0.25, -0.2) is 0 Å². The van der Waals surface area contributed by atoms with Gasteiger partial charge in [0, 0.05) is 29.7 Å². The smallest absolute Gasteiger partial charge is 0.252 e. The van der Waals surface area contributed by atoms with Crippen molar-refractivity contribution in [2.45, 2.75) is 25.5 Å². The second-order valence-corrected chi connectivity index (χ2v) is 7.82. The molecule has 31 heavy (non-hydrogen) atoms. The number of hydrogen-bond donors (Lipinski definition) is 2. The minimum Gasteiger partial charge on any atom is -1.00 e. The summed E-state index contributed by atoms with van der Waals surface area (Å²) < 4.78 is 5.21. The van der Waals surface area contributed by atoms with Crippen LogP contribution in [0.4, 0.5) is 11.5 Å². The highest BCUT2D eigenvalue weighted by atomic mass is 35.5. The van der Waals surface area contributed by atoms with E-state index in [4.69, 9.17) is 16.3 Å². The number of hydrogen-bond acceptors (Lipinski definition) is 6. The number of nitrogens with zero attached hydrogens (tertiary/aromatic N) is 4. The van der Waals surface area contributed by atoms with Crippen molar-refractivity contribution in [2.75, 3.05) is 25.1 Å². The molecular weight excluding hydrogens is 437 g/mol. The van der Waals surface area contributed by atoms with Crippen LogP contribution in [0, 0.1) is 11.3 Å². The van der Waals surface area contributed by atoms with E-state index in [1.165, 1.54) is 0 Å². The lowest BCUT2D eigenvalue weighted by Gasteiger charge is -2.32. The summed E-state index contributed by atoms with van der Waals surface area (Å²) in [5.41, 5.74) is 2.50. The molecule has 162 valence electrons. The molecule has 1 fully saturated rings. The maximum absolute atomic E-state index is 10.1. The van der Waals surface area contributed by atoms with Gasteiger partial charge in [-0.3, -0.25) is 5.32 Å². The zero-order valence-electron chi connectivity index (χ0n) is 17.1. The van der Waals surface area contributed by atoms with Gasteiger partial charge in [0.25, 0.3) is 5.82 Å². The van der Waals surface area contributed by atoms with Crippen LogP contribution in [0.3, 0.4) is 0 Å². The summed E-state index contributed by atoms with van der Waals surface area (Å²) in [6.07, 6.45) is 3.08. The van der Waals surface area contributed by atoms with Gasteiger partial charge < -0.3 is 27.2 Å². The van der Waals surface area contributed by atoms with E-state index in [9.17, 15) is 10.4 Å². The SMILES string of the molecule is COc1ccc(C[NH2+]c2nncc3c(N4CCCC(O)C4)cc(C#N)cc23)cc1Cl.[Cl-]. The lowest BCUT2D eigenvalue weighted by atomic mass is 10.0. The van der Waals surface area contributed by atoms with Gasteiger partial charge in [0.1, 0.15) is 12.3 Å². The third kappa shape index (κ3) is 5.00. The molecule has 3 aromatic rings. The Hall–Kier alpha value is -2.63. The van der Waals surface area contributed by atoms with Crippen molar-refractivity contribution in [3.05, 3.63) is 52.7 Å². The molecule has 2 heterocycles. The van der Waals surface area contributed by atoms with E-state index in [-0.39, 0.29) is 18.5 Å². The van der Waals surface area contributed by atoms with Gasteiger partial charge in [0.05, 0.1) is 41.5 Å². The number of aliphatic hydroxyl groups is 1. The number of piperidine rings is 1. The summed E-state index contributed by atoms with van der Waals surface area (Å²) in [4.78, 5) is 2.13. The second-order valence-electron chi connectivity index (χ2n) is 7.42. The van der Waals surface area contributed by atoms with Crippen LogP contribution < -0.4 is 27.4 Å². The molecule has 4 rings (SSSR count). The number of aliphatic hydroxyl groups excluding tert-OH is 1. The first-order valence-corrected chi connectivity index (χ1v) is 10.2. The molecule has 0 saturated carbocycles. The second kappa shape index (κ2) is 10.1. The normalized spacial score (nSPS) is 15.9. The van der Waals surface area contributed by atoms with Gasteiger partial charge in [0.15, 0.2) is 0 Å². The minimum atomic E-state index is -0.361. The van der Waals surface area contributed by atoms with Crippen LogP contribution in [0.5, 0.6) is 5.75 Å². The van der Waals surface area contributed by atoms with Crippen LogP contribution >= 0.6 is 11.6 Å². The first-order chi connectivity index (χ1) is 14.6. The van der Waals surface area contributed by atoms with E-state index in [1.54, 1.807) is 13.3 Å². The number of ether oxygens (including phenoxy) is 1. The van der Waals surface area contributed by atoms with Gasteiger partial charge >= 0.3 is 0 Å². The quantitative estimate of drug-likeness (QED) is 0.534. The molecule has 9 heteroatoms. The zero-order valence-corrected chi connectivity index (χ0v) is 18.6. The van der Waals surface area contributed by atoms with Crippen molar-refractivity contribution in [3.63, 3.8) is 0 Å². The number of nitrogens with two attached hydrogens (primary N) is 1. The standard InChI is InChI=1S/C22H22ClN5O2.ClH/c1-30-21-5-4-14(8-19(21)23)11-25-22-17-7-15(10-24)9-20(18(17)12-26-27-22)28-6-2-3-16(29)13-28;/h4-5,7-9,12,16,29H,2-3,6,11,13H2,1H3,(H,25,27);1H. The number of aromatic nitrogens is 2. The Morgan fingerprint density at radius 3 is 2.87 bits per heavy atom. The number of fused-ring (bicyclic) bond motifs is 1. The zero-order chi connectivity index (χ0) is 21.1. The van der Waals surface area contributed by atoms with Crippen molar-refractivity contribution in [3.8, 4) is 11.8 Å². The van der Waals surface area contributed by atoms with E-state index in [1.807, 2.05) is 35.6 Å². The number of benzene rings is 2. The molecule has 0 aliphatic carbocycles. The Labute approximate surface area is 192 Å². The van der Waals surface area contributed by atoms with E-state index < -0.39 is 0 Å². The molecule has 1 aliphatic heterocycles. The Bertz CT molecular complexity index is 1120. The fourth-order valence-electron chi connectivity index (χ4n) is 3.89. The number of anilines is 1. The lowest BCUT2D eigenvalue weighted by molar-refractivity contribution is -0.591. The van der Waals surface area contributed by atoms with Crippen LogP contribution in [-0.2, 0) is 6.54 Å². The predicted octanol–water partition coefficient (Wildman–Crippen LogP) is -0.476. The summed E-state index contributed by atoms with van der Waals surface area (Å²) in [6.45, 7) is 2.01. The summed E-state index contributed by atoms with van der Waals surface area (Å²) in [7, 11) is 1.59. The molecule has 1 atom stereocenters. The molecule has 0 radical (unpaired) electrons. The average Bonchev–Trinajstić information content (AvgIpc) is 2.77. The third-order valence-corrected chi connectivity index (χ3v) is 5.70. The number of nitriles is 1. The maximum Gasteiger partial charge on any atom is 0.252 e. The number of halogens is 2. The fourth-order valence-corrected chi connectivity index (χ4v) is 4.17. The average molecular weight is 460 g/mol. The highest BCUT2D eigenvalue weighted by Crippen LogP contribution is 2.32. The fraction of sp³-hybridized carbons (Fsp3) is 0.318. The molecular formula is C22H23Cl2N5O2. The van der Waals surface area contributed by atoms with Crippen molar-refractivity contribution in [1.82, 2.24) is 10.2 Å². The van der Waals surface area contributed by atoms with Gasteiger partial charge in [-0.05, 0) is 43.2 Å². The van der Waals surface area contributed by atoms with Crippen LogP contribution in [-0.4, -0.2) is 41.6 Å². The van der Waals surface area contributed by atoms with Gasteiger partial charge in [-0.2, -0.15) is 10.4 Å². The Balaban J connectivity index is 0.00000272. The van der Waals surface area contributed by atoms with Crippen LogP contribution in [0.2, 0.25) is 5.02 Å². The summed E-state index contributed by atoms with van der Waals surface area (Å²) in [5.74, 6) is 1.35. The monoisotopic (exact) mass is 459 g/mol. The van der Waals surface area contributed by atoms with E-state index in [0.717, 1.165) is 47.2 Å². The van der Waals surface area contributed by atoms with Crippen LogP contribution in [0.15, 0.2) is 36.5 Å².